The van der Waals surface area contributed by atoms with Gasteiger partial charge in [0.2, 0.25) is 0 Å². The van der Waals surface area contributed by atoms with Gasteiger partial charge in [-0.1, -0.05) is 41.5 Å². The molecule has 2 N–H and O–H groups in total. The average Bonchev–Trinajstić information content (AvgIpc) is 3.28. The Morgan fingerprint density at radius 1 is 0.971 bits per heavy atom. The van der Waals surface area contributed by atoms with Crippen molar-refractivity contribution in [1.82, 2.24) is 24.3 Å². The molecule has 2 fully saturated rings. The lowest BCUT2D eigenvalue weighted by Crippen LogP contribution is -2.82. The zero-order chi connectivity index (χ0) is 26.2. The highest BCUT2D eigenvalue weighted by molar-refractivity contribution is 5.93. The maximum absolute atomic E-state index is 14.8. The summed E-state index contributed by atoms with van der Waals surface area (Å²) in [6.07, 6.45) is 6.41. The number of piperidine rings is 1. The molecule has 0 bridgehead atoms. The summed E-state index contributed by atoms with van der Waals surface area (Å²) < 4.78 is 1.98. The van der Waals surface area contributed by atoms with Crippen LogP contribution in [0.2, 0.25) is 0 Å². The van der Waals surface area contributed by atoms with Crippen molar-refractivity contribution < 1.29 is 24.6 Å². The Morgan fingerprint density at radius 2 is 1.66 bits per heavy atom. The van der Waals surface area contributed by atoms with Gasteiger partial charge in [-0.25, -0.2) is 14.6 Å². The van der Waals surface area contributed by atoms with E-state index in [9.17, 15) is 24.6 Å². The van der Waals surface area contributed by atoms with Gasteiger partial charge < -0.3 is 24.6 Å². The van der Waals surface area contributed by atoms with E-state index in [1.165, 1.54) is 9.80 Å². The fourth-order valence-electron chi connectivity index (χ4n) is 6.31. The van der Waals surface area contributed by atoms with Crippen molar-refractivity contribution in [3.8, 4) is 0 Å². The second kappa shape index (κ2) is 9.70. The largest absolute Gasteiger partial charge is 0.465 e. The monoisotopic (exact) mass is 491 g/mol. The van der Waals surface area contributed by atoms with Crippen LogP contribution in [0.25, 0.3) is 0 Å². The van der Waals surface area contributed by atoms with Crippen molar-refractivity contribution in [2.24, 2.45) is 10.8 Å². The molecule has 1 aromatic rings. The van der Waals surface area contributed by atoms with Crippen LogP contribution in [0.3, 0.4) is 0 Å². The van der Waals surface area contributed by atoms with Gasteiger partial charge in [0.15, 0.2) is 5.54 Å². The fourth-order valence-corrected chi connectivity index (χ4v) is 6.31. The number of aryl methyl sites for hydroxylation is 1. The quantitative estimate of drug-likeness (QED) is 0.661. The molecule has 2 saturated heterocycles. The normalized spacial score (nSPS) is 26.1. The maximum Gasteiger partial charge on any atom is 0.408 e. The molecule has 3 atom stereocenters. The first-order valence-electron chi connectivity index (χ1n) is 12.5. The van der Waals surface area contributed by atoms with Gasteiger partial charge >= 0.3 is 12.2 Å². The topological polar surface area (TPSA) is 119 Å². The van der Waals surface area contributed by atoms with E-state index in [0.29, 0.717) is 13.1 Å². The van der Waals surface area contributed by atoms with E-state index in [1.807, 2.05) is 57.2 Å². The third-order valence-corrected chi connectivity index (χ3v) is 7.63. The van der Waals surface area contributed by atoms with Crippen molar-refractivity contribution in [3.63, 3.8) is 0 Å². The third-order valence-electron chi connectivity index (χ3n) is 7.63. The molecular weight excluding hydrogens is 450 g/mol. The standard InChI is InChI=1S/C25H41N5O5/c1-23(2,3)19-25(24(4,5)6,30(22(34)35)16-15-29(19)21(32)33)20(31)28-12-8-7-9-18(28)10-13-27-14-11-26-17-27/h11,14,17-19H,7-10,12-13,15-16H2,1-6H3,(H,32,33)(H,34,35)/t18?,19?,25-/m1/s1. The van der Waals surface area contributed by atoms with Gasteiger partial charge in [0.1, 0.15) is 0 Å². The Labute approximate surface area is 207 Å². The maximum atomic E-state index is 14.8. The summed E-state index contributed by atoms with van der Waals surface area (Å²) in [7, 11) is 0. The van der Waals surface area contributed by atoms with E-state index in [2.05, 4.69) is 4.98 Å². The predicted molar refractivity (Wildman–Crippen MR) is 131 cm³/mol. The first-order valence-corrected chi connectivity index (χ1v) is 12.5. The number of piperazine rings is 1. The van der Waals surface area contributed by atoms with E-state index in [1.54, 1.807) is 12.5 Å². The Morgan fingerprint density at radius 3 is 2.17 bits per heavy atom. The van der Waals surface area contributed by atoms with Gasteiger partial charge in [0.05, 0.1) is 12.4 Å². The molecule has 0 saturated carbocycles. The van der Waals surface area contributed by atoms with Crippen molar-refractivity contribution in [2.75, 3.05) is 19.6 Å². The van der Waals surface area contributed by atoms with Gasteiger partial charge in [-0.15, -0.1) is 0 Å². The molecule has 0 aliphatic carbocycles. The van der Waals surface area contributed by atoms with Crippen LogP contribution in [-0.4, -0.2) is 89.8 Å². The van der Waals surface area contributed by atoms with Crippen molar-refractivity contribution >= 4 is 18.1 Å². The summed E-state index contributed by atoms with van der Waals surface area (Å²) in [5.41, 5.74) is -3.16. The number of aromatic nitrogens is 2. The smallest absolute Gasteiger partial charge is 0.408 e. The molecule has 0 aromatic carbocycles. The molecule has 1 aromatic heterocycles. The summed E-state index contributed by atoms with van der Waals surface area (Å²) in [4.78, 5) is 48.4. The second-order valence-electron chi connectivity index (χ2n) is 11.9. The van der Waals surface area contributed by atoms with Crippen LogP contribution >= 0.6 is 0 Å². The van der Waals surface area contributed by atoms with Crippen molar-refractivity contribution in [1.29, 1.82) is 0 Å². The molecular formula is C25H41N5O5. The molecule has 2 aliphatic rings. The van der Waals surface area contributed by atoms with Crippen LogP contribution in [0.1, 0.15) is 67.2 Å². The van der Waals surface area contributed by atoms with Crippen LogP contribution in [-0.2, 0) is 11.3 Å². The molecule has 3 amide bonds. The number of amides is 3. The number of carboxylic acid groups (broad SMARTS) is 2. The predicted octanol–water partition coefficient (Wildman–Crippen LogP) is 3.83. The van der Waals surface area contributed by atoms with E-state index in [-0.39, 0.29) is 25.0 Å². The van der Waals surface area contributed by atoms with Crippen molar-refractivity contribution in [2.45, 2.75) is 91.4 Å². The highest BCUT2D eigenvalue weighted by Crippen LogP contribution is 2.50. The molecule has 0 radical (unpaired) electrons. The lowest BCUT2D eigenvalue weighted by Gasteiger charge is -2.63. The minimum absolute atomic E-state index is 0.0265. The number of carbonyl (C=O) groups excluding carboxylic acids is 1. The summed E-state index contributed by atoms with van der Waals surface area (Å²) >= 11 is 0. The van der Waals surface area contributed by atoms with Crippen LogP contribution in [0.5, 0.6) is 0 Å². The van der Waals surface area contributed by atoms with Crippen LogP contribution in [0.15, 0.2) is 18.7 Å². The lowest BCUT2D eigenvalue weighted by atomic mass is 9.59. The van der Waals surface area contributed by atoms with E-state index < -0.39 is 34.6 Å². The van der Waals surface area contributed by atoms with Crippen molar-refractivity contribution in [3.05, 3.63) is 18.7 Å². The number of nitrogens with zero attached hydrogens (tertiary/aromatic N) is 5. The SMILES string of the molecule is CC(C)(C)C1N(C(=O)O)CCN(C(=O)O)[C@]1(C(=O)N1CCCCC1CCn1ccnc1)C(C)(C)C. The zero-order valence-electron chi connectivity index (χ0n) is 21.9. The zero-order valence-corrected chi connectivity index (χ0v) is 21.9. The van der Waals surface area contributed by atoms with Gasteiger partial charge in [-0.3, -0.25) is 9.69 Å². The van der Waals surface area contributed by atoms with Crippen LogP contribution < -0.4 is 0 Å². The van der Waals surface area contributed by atoms with E-state index >= 15 is 0 Å². The average molecular weight is 492 g/mol. The lowest BCUT2D eigenvalue weighted by molar-refractivity contribution is -0.176. The van der Waals surface area contributed by atoms with Crippen LogP contribution in [0, 0.1) is 10.8 Å². The van der Waals surface area contributed by atoms with Gasteiger partial charge in [0.25, 0.3) is 5.91 Å². The molecule has 35 heavy (non-hydrogen) atoms. The van der Waals surface area contributed by atoms with Gasteiger partial charge in [-0.2, -0.15) is 0 Å². The molecule has 3 rings (SSSR count). The minimum Gasteiger partial charge on any atom is -0.465 e. The fraction of sp³-hybridized carbons (Fsp3) is 0.760. The Bertz CT molecular complexity index is 920. The highest BCUT2D eigenvalue weighted by atomic mass is 16.4. The van der Waals surface area contributed by atoms with E-state index in [4.69, 9.17) is 0 Å². The first kappa shape index (κ1) is 26.8. The van der Waals surface area contributed by atoms with Gasteiger partial charge in [0, 0.05) is 44.6 Å². The number of hydrogen-bond acceptors (Lipinski definition) is 4. The molecule has 196 valence electrons. The Balaban J connectivity index is 2.15. The van der Waals surface area contributed by atoms with Gasteiger partial charge in [-0.05, 0) is 36.5 Å². The Hall–Kier alpha value is -2.78. The highest BCUT2D eigenvalue weighted by Gasteiger charge is 2.67. The van der Waals surface area contributed by atoms with E-state index in [0.717, 1.165) is 25.7 Å². The summed E-state index contributed by atoms with van der Waals surface area (Å²) in [6.45, 7) is 12.4. The molecule has 2 aliphatic heterocycles. The minimum atomic E-state index is -1.59. The number of rotatable bonds is 4. The second-order valence-corrected chi connectivity index (χ2v) is 11.9. The summed E-state index contributed by atoms with van der Waals surface area (Å²) in [6, 6.07) is -0.921. The summed E-state index contributed by atoms with van der Waals surface area (Å²) in [5, 5.41) is 20.5. The summed E-state index contributed by atoms with van der Waals surface area (Å²) in [5.74, 6) is -0.284. The molecule has 10 heteroatoms. The molecule has 0 spiro atoms. The number of carbonyl (C=O) groups is 3. The number of imidazole rings is 1. The first-order chi connectivity index (χ1) is 16.2. The molecule has 10 nitrogen and oxygen atoms in total. The Kier molecular flexibility index (Phi) is 7.43. The molecule has 3 heterocycles. The van der Waals surface area contributed by atoms with Crippen LogP contribution in [0.4, 0.5) is 9.59 Å². The number of likely N-dealkylation sites (tertiary alicyclic amines) is 1. The number of hydrogen-bond donors (Lipinski definition) is 2. The molecule has 2 unspecified atom stereocenters. The third kappa shape index (κ3) is 4.84.